The van der Waals surface area contributed by atoms with Gasteiger partial charge in [0.15, 0.2) is 0 Å². The molecule has 0 saturated heterocycles. The van der Waals surface area contributed by atoms with Gasteiger partial charge in [0, 0.05) is 12.2 Å². The SMILES string of the molecule is O=C(O)/C=C\C(=O)NNC(=O)c1cc2ccccc2cc1O. The van der Waals surface area contributed by atoms with Crippen molar-refractivity contribution in [1.82, 2.24) is 10.9 Å². The number of aliphatic carboxylic acids is 1. The van der Waals surface area contributed by atoms with Gasteiger partial charge in [-0.3, -0.25) is 20.4 Å². The second-order valence-electron chi connectivity index (χ2n) is 4.33. The fraction of sp³-hybridized carbons (Fsp3) is 0. The fourth-order valence-corrected chi connectivity index (χ4v) is 1.78. The second kappa shape index (κ2) is 6.40. The van der Waals surface area contributed by atoms with Crippen LogP contribution in [-0.2, 0) is 9.59 Å². The van der Waals surface area contributed by atoms with Crippen LogP contribution in [0.4, 0.5) is 0 Å². The van der Waals surface area contributed by atoms with E-state index in [0.717, 1.165) is 16.8 Å². The molecule has 2 rings (SSSR count). The lowest BCUT2D eigenvalue weighted by molar-refractivity contribution is -0.131. The molecule has 0 aliphatic rings. The molecule has 0 fully saturated rings. The van der Waals surface area contributed by atoms with Gasteiger partial charge in [-0.05, 0) is 22.9 Å². The number of hydrogen-bond donors (Lipinski definition) is 4. The summed E-state index contributed by atoms with van der Waals surface area (Å²) in [5, 5.41) is 19.7. The zero-order valence-corrected chi connectivity index (χ0v) is 11.2. The molecule has 0 saturated carbocycles. The molecule has 0 aromatic heterocycles. The average Bonchev–Trinajstić information content (AvgIpc) is 2.49. The highest BCUT2D eigenvalue weighted by Crippen LogP contribution is 2.24. The van der Waals surface area contributed by atoms with Crippen molar-refractivity contribution in [2.45, 2.75) is 0 Å². The third kappa shape index (κ3) is 3.60. The summed E-state index contributed by atoms with van der Waals surface area (Å²) in [6.07, 6.45) is 1.39. The third-order valence-electron chi connectivity index (χ3n) is 2.79. The molecule has 0 unspecified atom stereocenters. The molecule has 7 nitrogen and oxygen atoms in total. The van der Waals surface area contributed by atoms with Crippen molar-refractivity contribution in [2.24, 2.45) is 0 Å². The standard InChI is InChI=1S/C15H12N2O5/c18-12-8-10-4-2-1-3-9(10)7-11(12)15(22)17-16-13(19)5-6-14(20)21/h1-8,18H,(H,16,19)(H,17,22)(H,20,21)/b6-5-. The number of nitrogens with one attached hydrogen (secondary N) is 2. The summed E-state index contributed by atoms with van der Waals surface area (Å²) in [5.41, 5.74) is 4.08. The molecule has 0 aliphatic carbocycles. The first-order valence-corrected chi connectivity index (χ1v) is 6.20. The monoisotopic (exact) mass is 300 g/mol. The Morgan fingerprint density at radius 3 is 2.23 bits per heavy atom. The summed E-state index contributed by atoms with van der Waals surface area (Å²) in [5.74, 6) is -3.04. The van der Waals surface area contributed by atoms with Crippen molar-refractivity contribution in [3.05, 3.63) is 54.1 Å². The third-order valence-corrected chi connectivity index (χ3v) is 2.79. The summed E-state index contributed by atoms with van der Waals surface area (Å²) in [4.78, 5) is 33.4. The first kappa shape index (κ1) is 15.0. The van der Waals surface area contributed by atoms with Crippen molar-refractivity contribution < 1.29 is 24.6 Å². The van der Waals surface area contributed by atoms with Crippen LogP contribution in [0.1, 0.15) is 10.4 Å². The molecule has 0 spiro atoms. The van der Waals surface area contributed by atoms with Crippen molar-refractivity contribution in [3.8, 4) is 5.75 Å². The largest absolute Gasteiger partial charge is 0.507 e. The lowest BCUT2D eigenvalue weighted by Crippen LogP contribution is -2.40. The van der Waals surface area contributed by atoms with Gasteiger partial charge in [-0.25, -0.2) is 4.79 Å². The minimum atomic E-state index is -1.28. The quantitative estimate of drug-likeness (QED) is 0.497. The van der Waals surface area contributed by atoms with Gasteiger partial charge in [0.25, 0.3) is 11.8 Å². The first-order chi connectivity index (χ1) is 10.5. The van der Waals surface area contributed by atoms with Gasteiger partial charge in [0.2, 0.25) is 0 Å². The van der Waals surface area contributed by atoms with E-state index in [4.69, 9.17) is 5.11 Å². The van der Waals surface area contributed by atoms with Gasteiger partial charge in [-0.2, -0.15) is 0 Å². The van der Waals surface area contributed by atoms with E-state index in [9.17, 15) is 19.5 Å². The maximum absolute atomic E-state index is 11.9. The van der Waals surface area contributed by atoms with E-state index in [1.54, 1.807) is 24.3 Å². The number of phenols is 1. The first-order valence-electron chi connectivity index (χ1n) is 6.20. The van der Waals surface area contributed by atoms with Gasteiger partial charge >= 0.3 is 5.97 Å². The van der Waals surface area contributed by atoms with E-state index < -0.39 is 17.8 Å². The number of hydrazine groups is 1. The molecule has 4 N–H and O–H groups in total. The Morgan fingerprint density at radius 2 is 1.59 bits per heavy atom. The predicted octanol–water partition coefficient (Wildman–Crippen LogP) is 0.947. The van der Waals surface area contributed by atoms with Crippen LogP contribution in [-0.4, -0.2) is 28.0 Å². The summed E-state index contributed by atoms with van der Waals surface area (Å²) in [6.45, 7) is 0. The maximum Gasteiger partial charge on any atom is 0.328 e. The highest BCUT2D eigenvalue weighted by molar-refractivity contribution is 6.03. The summed E-state index contributed by atoms with van der Waals surface area (Å²) in [7, 11) is 0. The van der Waals surface area contributed by atoms with E-state index in [-0.39, 0.29) is 11.3 Å². The van der Waals surface area contributed by atoms with Gasteiger partial charge in [0.05, 0.1) is 5.56 Å². The number of carboxylic acid groups (broad SMARTS) is 1. The Hall–Kier alpha value is -3.35. The molecule has 2 aromatic carbocycles. The second-order valence-corrected chi connectivity index (χ2v) is 4.33. The van der Waals surface area contributed by atoms with E-state index in [1.807, 2.05) is 5.43 Å². The van der Waals surface area contributed by atoms with E-state index in [1.165, 1.54) is 12.1 Å². The predicted molar refractivity (Wildman–Crippen MR) is 78.0 cm³/mol. The number of hydrogen-bond acceptors (Lipinski definition) is 4. The number of carboxylic acids is 1. The van der Waals surface area contributed by atoms with Crippen LogP contribution in [0.5, 0.6) is 5.75 Å². The number of aromatic hydroxyl groups is 1. The van der Waals surface area contributed by atoms with Crippen LogP contribution in [0.2, 0.25) is 0 Å². The van der Waals surface area contributed by atoms with Crippen LogP contribution < -0.4 is 10.9 Å². The minimum Gasteiger partial charge on any atom is -0.507 e. The molecule has 2 amide bonds. The Balaban J connectivity index is 2.11. The number of benzene rings is 2. The highest BCUT2D eigenvalue weighted by Gasteiger charge is 2.12. The van der Waals surface area contributed by atoms with Gasteiger partial charge in [0.1, 0.15) is 5.75 Å². The Kier molecular flexibility index (Phi) is 4.38. The molecule has 0 radical (unpaired) electrons. The molecular formula is C15H12N2O5. The van der Waals surface area contributed by atoms with Crippen molar-refractivity contribution in [2.75, 3.05) is 0 Å². The van der Waals surface area contributed by atoms with E-state index in [2.05, 4.69) is 5.43 Å². The van der Waals surface area contributed by atoms with Crippen molar-refractivity contribution in [1.29, 1.82) is 0 Å². The number of carbonyl (C=O) groups excluding carboxylic acids is 2. The molecule has 2 aromatic rings. The molecule has 22 heavy (non-hydrogen) atoms. The lowest BCUT2D eigenvalue weighted by atomic mass is 10.1. The molecule has 0 heterocycles. The maximum atomic E-state index is 11.9. The van der Waals surface area contributed by atoms with Crippen LogP contribution in [0.25, 0.3) is 10.8 Å². The van der Waals surface area contributed by atoms with Crippen LogP contribution in [0.3, 0.4) is 0 Å². The molecule has 0 bridgehead atoms. The Bertz CT molecular complexity index is 783. The zero-order chi connectivity index (χ0) is 16.1. The molecule has 112 valence electrons. The summed E-state index contributed by atoms with van der Waals surface area (Å²) >= 11 is 0. The van der Waals surface area contributed by atoms with Gasteiger partial charge in [-0.15, -0.1) is 0 Å². The topological polar surface area (TPSA) is 116 Å². The van der Waals surface area contributed by atoms with Gasteiger partial charge < -0.3 is 10.2 Å². The summed E-state index contributed by atoms with van der Waals surface area (Å²) in [6, 6.07) is 10.1. The van der Waals surface area contributed by atoms with Crippen LogP contribution in [0.15, 0.2) is 48.6 Å². The van der Waals surface area contributed by atoms with E-state index >= 15 is 0 Å². The fourth-order valence-electron chi connectivity index (χ4n) is 1.78. The number of rotatable bonds is 3. The molecule has 7 heteroatoms. The normalized spacial score (nSPS) is 10.5. The smallest absolute Gasteiger partial charge is 0.328 e. The van der Waals surface area contributed by atoms with Crippen molar-refractivity contribution in [3.63, 3.8) is 0 Å². The lowest BCUT2D eigenvalue weighted by Gasteiger charge is -2.08. The zero-order valence-electron chi connectivity index (χ0n) is 11.2. The number of amides is 2. The molecular weight excluding hydrogens is 288 g/mol. The summed E-state index contributed by atoms with van der Waals surface area (Å²) < 4.78 is 0. The average molecular weight is 300 g/mol. The van der Waals surface area contributed by atoms with Crippen LogP contribution >= 0.6 is 0 Å². The molecule has 0 aliphatic heterocycles. The number of carbonyl (C=O) groups is 3. The molecule has 0 atom stereocenters. The number of phenolic OH excluding ortho intramolecular Hbond substituents is 1. The highest BCUT2D eigenvalue weighted by atomic mass is 16.4. The van der Waals surface area contributed by atoms with E-state index in [0.29, 0.717) is 6.08 Å². The van der Waals surface area contributed by atoms with Crippen LogP contribution in [0, 0.1) is 0 Å². The minimum absolute atomic E-state index is 0.0128. The van der Waals surface area contributed by atoms with Gasteiger partial charge in [-0.1, -0.05) is 24.3 Å². The Morgan fingerprint density at radius 1 is 0.955 bits per heavy atom. The van der Waals surface area contributed by atoms with Crippen molar-refractivity contribution >= 4 is 28.6 Å². The Labute approximate surface area is 124 Å². The number of fused-ring (bicyclic) bond motifs is 1.